The lowest BCUT2D eigenvalue weighted by Gasteiger charge is -2.33. The number of aromatic nitrogens is 4. The lowest BCUT2D eigenvalue weighted by molar-refractivity contribution is 0.0522. The highest BCUT2D eigenvalue weighted by Gasteiger charge is 2.24. The fraction of sp³-hybridized carbons (Fsp3) is 0.419. The molecular formula is C43H52N8O8S2. The van der Waals surface area contributed by atoms with Crippen LogP contribution in [0.25, 0.3) is 20.4 Å². The summed E-state index contributed by atoms with van der Waals surface area (Å²) in [4.78, 5) is 34.1. The Morgan fingerprint density at radius 2 is 1.21 bits per heavy atom. The van der Waals surface area contributed by atoms with Gasteiger partial charge in [0.1, 0.15) is 78.3 Å². The number of aliphatic hydroxyl groups is 2. The Kier molecular flexibility index (Phi) is 15.4. The maximum absolute atomic E-state index is 11.9. The summed E-state index contributed by atoms with van der Waals surface area (Å²) < 4.78 is 18.4. The van der Waals surface area contributed by atoms with Gasteiger partial charge in [-0.1, -0.05) is 0 Å². The third kappa shape index (κ3) is 11.9. The van der Waals surface area contributed by atoms with Gasteiger partial charge in [-0.3, -0.25) is 0 Å². The number of phenols is 2. The summed E-state index contributed by atoms with van der Waals surface area (Å²) >= 11 is 3.35. The van der Waals surface area contributed by atoms with E-state index in [0.29, 0.717) is 36.7 Å². The van der Waals surface area contributed by atoms with Crippen LogP contribution < -0.4 is 29.9 Å². The molecular weight excluding hydrogens is 821 g/mol. The summed E-state index contributed by atoms with van der Waals surface area (Å²) in [6, 6.07) is 15.6. The number of carbonyl (C=O) groups is 1. The fourth-order valence-corrected chi connectivity index (χ4v) is 8.94. The average molecular weight is 873 g/mol. The van der Waals surface area contributed by atoms with Crippen LogP contribution in [0.1, 0.15) is 43.0 Å². The first kappa shape index (κ1) is 43.7. The molecule has 16 nitrogen and oxygen atoms in total. The number of piperidine rings is 2. The molecule has 6 aromatic rings. The summed E-state index contributed by atoms with van der Waals surface area (Å²) in [7, 11) is 0. The van der Waals surface area contributed by atoms with Crippen molar-refractivity contribution in [2.45, 2.75) is 56.9 Å². The van der Waals surface area contributed by atoms with Gasteiger partial charge in [0.25, 0.3) is 0 Å². The number of thiophene rings is 2. The van der Waals surface area contributed by atoms with Crippen molar-refractivity contribution in [3.8, 4) is 23.0 Å². The molecule has 0 bridgehead atoms. The largest absolute Gasteiger partial charge is 0.508 e. The first-order valence-corrected chi connectivity index (χ1v) is 22.2. The van der Waals surface area contributed by atoms with E-state index < -0.39 is 18.2 Å². The van der Waals surface area contributed by atoms with Gasteiger partial charge in [0.2, 0.25) is 0 Å². The quantitative estimate of drug-likeness (QED) is 0.0710. The van der Waals surface area contributed by atoms with Crippen LogP contribution in [-0.2, 0) is 4.74 Å². The first-order chi connectivity index (χ1) is 29.7. The minimum Gasteiger partial charge on any atom is -0.508 e. The number of rotatable bonds is 16. The molecule has 18 heteroatoms. The number of hydrogen-bond acceptors (Lipinski definition) is 18. The number of nitrogens with zero attached hydrogens (tertiary/aromatic N) is 6. The Morgan fingerprint density at radius 1 is 0.721 bits per heavy atom. The summed E-state index contributed by atoms with van der Waals surface area (Å²) in [5.74, 6) is 2.45. The molecule has 0 spiro atoms. The molecule has 2 aliphatic rings. The fourth-order valence-electron chi connectivity index (χ4n) is 7.22. The third-order valence-corrected chi connectivity index (χ3v) is 12.3. The van der Waals surface area contributed by atoms with E-state index in [9.17, 15) is 25.2 Å². The number of ether oxygens (including phenoxy) is 3. The van der Waals surface area contributed by atoms with E-state index in [1.165, 1.54) is 12.1 Å². The molecule has 324 valence electrons. The lowest BCUT2D eigenvalue weighted by Crippen LogP contribution is -2.45. The molecule has 61 heavy (non-hydrogen) atoms. The third-order valence-electron chi connectivity index (χ3n) is 10.5. The lowest BCUT2D eigenvalue weighted by atomic mass is 10.0. The van der Waals surface area contributed by atoms with Gasteiger partial charge < -0.3 is 55.1 Å². The molecule has 0 saturated carbocycles. The Bertz CT molecular complexity index is 2300. The second-order valence-electron chi connectivity index (χ2n) is 14.8. The summed E-state index contributed by atoms with van der Waals surface area (Å²) in [5, 5.41) is 50.6. The van der Waals surface area contributed by atoms with E-state index in [0.717, 1.165) is 83.9 Å². The number of benzene rings is 2. The van der Waals surface area contributed by atoms with Gasteiger partial charge in [-0.2, -0.15) is 0 Å². The Balaban J connectivity index is 0.000000186. The number of aliphatic hydroxyl groups excluding tert-OH is 2. The van der Waals surface area contributed by atoms with Crippen molar-refractivity contribution in [3.63, 3.8) is 0 Å². The summed E-state index contributed by atoms with van der Waals surface area (Å²) in [6.45, 7) is 6.72. The average Bonchev–Trinajstić information content (AvgIpc) is 3.99. The van der Waals surface area contributed by atoms with Gasteiger partial charge in [-0.15, -0.1) is 22.7 Å². The number of fused-ring (bicyclic) bond motifs is 2. The summed E-state index contributed by atoms with van der Waals surface area (Å²) in [5.41, 5.74) is 2.03. The number of hydrogen-bond donors (Lipinski definition) is 6. The van der Waals surface area contributed by atoms with Crippen LogP contribution in [-0.4, -0.2) is 130 Å². The Hall–Kier alpha value is -5.37. The van der Waals surface area contributed by atoms with Crippen LogP contribution in [0.15, 0.2) is 78.0 Å². The van der Waals surface area contributed by atoms with Crippen LogP contribution in [0.2, 0.25) is 0 Å². The highest BCUT2D eigenvalue weighted by molar-refractivity contribution is 7.18. The van der Waals surface area contributed by atoms with Crippen molar-refractivity contribution >= 4 is 60.7 Å². The Morgan fingerprint density at radius 3 is 1.72 bits per heavy atom. The van der Waals surface area contributed by atoms with Crippen LogP contribution >= 0.6 is 22.7 Å². The predicted octanol–water partition coefficient (Wildman–Crippen LogP) is 4.97. The zero-order valence-electron chi connectivity index (χ0n) is 33.9. The van der Waals surface area contributed by atoms with Gasteiger partial charge in [0.15, 0.2) is 0 Å². The van der Waals surface area contributed by atoms with Crippen LogP contribution in [0.3, 0.4) is 0 Å². The highest BCUT2D eigenvalue weighted by Crippen LogP contribution is 2.31. The second-order valence-corrected chi connectivity index (χ2v) is 16.7. The molecule has 6 N–H and O–H groups in total. The van der Waals surface area contributed by atoms with Gasteiger partial charge in [-0.05, 0) is 98.0 Å². The van der Waals surface area contributed by atoms with E-state index in [-0.39, 0.29) is 36.9 Å². The normalized spacial score (nSPS) is 15.9. The molecule has 4 aromatic heterocycles. The molecule has 2 aliphatic heterocycles. The molecule has 6 heterocycles. The standard InChI is InChI=1S/C23H28N4O5S.C20H24N4O3S/c1-2-31-23(30)18-11-17(3-4-20(18)29)32-13-16(28)12-24-15-5-8-27(9-6-15)22-21-19(7-10-33-21)25-14-26-22;25-15-1-3-17(4-2-15)27-12-16(26)11-21-14-5-8-24(9-6-14)20-19-18(7-10-28-19)22-13-23-20/h3-4,7,10-11,14-16,24,28-29H,2,5-6,8-9,12-13H2,1H3;1-4,7,10,13-14,16,21,25-26H,5-6,8-9,11-12H2. The molecule has 0 aliphatic carbocycles. The van der Waals surface area contributed by atoms with Crippen LogP contribution in [0.4, 0.5) is 11.6 Å². The van der Waals surface area contributed by atoms with Gasteiger partial charge in [-0.25, -0.2) is 24.7 Å². The molecule has 0 radical (unpaired) electrons. The van der Waals surface area contributed by atoms with E-state index in [1.54, 1.807) is 72.6 Å². The first-order valence-electron chi connectivity index (χ1n) is 20.5. The SMILES string of the molecule is CCOC(=O)c1cc(OCC(O)CNC2CCN(c3ncnc4ccsc34)CC2)ccc1O.Oc1ccc(OCC(O)CNC2CCN(c3ncnc4ccsc34)CC2)cc1. The zero-order valence-corrected chi connectivity index (χ0v) is 35.6. The van der Waals surface area contributed by atoms with Crippen LogP contribution in [0, 0.1) is 0 Å². The minimum atomic E-state index is -0.713. The Labute approximate surface area is 361 Å². The smallest absolute Gasteiger partial charge is 0.342 e. The van der Waals surface area contributed by atoms with Gasteiger partial charge >= 0.3 is 5.97 Å². The second kappa shape index (κ2) is 21.4. The molecule has 2 fully saturated rings. The predicted molar refractivity (Wildman–Crippen MR) is 236 cm³/mol. The summed E-state index contributed by atoms with van der Waals surface area (Å²) in [6.07, 6.45) is 5.87. The maximum atomic E-state index is 11.9. The number of anilines is 2. The van der Waals surface area contributed by atoms with Crippen molar-refractivity contribution in [1.82, 2.24) is 30.6 Å². The molecule has 2 saturated heterocycles. The van der Waals surface area contributed by atoms with Crippen molar-refractivity contribution < 1.29 is 39.4 Å². The molecule has 2 unspecified atom stereocenters. The minimum absolute atomic E-state index is 0.0391. The van der Waals surface area contributed by atoms with Crippen molar-refractivity contribution in [2.24, 2.45) is 0 Å². The molecule has 0 amide bonds. The monoisotopic (exact) mass is 872 g/mol. The van der Waals surface area contributed by atoms with E-state index in [1.807, 2.05) is 17.5 Å². The number of esters is 1. The van der Waals surface area contributed by atoms with Crippen LogP contribution in [0.5, 0.6) is 23.0 Å². The zero-order chi connectivity index (χ0) is 42.6. The topological polar surface area (TPSA) is 208 Å². The number of carbonyl (C=O) groups excluding carboxylic acids is 1. The molecule has 2 aromatic carbocycles. The van der Waals surface area contributed by atoms with Gasteiger partial charge in [0, 0.05) is 51.4 Å². The maximum Gasteiger partial charge on any atom is 0.342 e. The van der Waals surface area contributed by atoms with E-state index in [2.05, 4.69) is 45.7 Å². The molecule has 2 atom stereocenters. The van der Waals surface area contributed by atoms with Crippen molar-refractivity contribution in [3.05, 3.63) is 83.6 Å². The van der Waals surface area contributed by atoms with E-state index in [4.69, 9.17) is 14.2 Å². The van der Waals surface area contributed by atoms with Crippen molar-refractivity contribution in [1.29, 1.82) is 0 Å². The number of phenolic OH excluding ortho intramolecular Hbond substituents is 2. The van der Waals surface area contributed by atoms with Gasteiger partial charge in [0.05, 0.1) is 27.0 Å². The highest BCUT2D eigenvalue weighted by atomic mass is 32.1. The number of nitrogens with one attached hydrogen (secondary N) is 2. The van der Waals surface area contributed by atoms with E-state index >= 15 is 0 Å². The number of aromatic hydroxyl groups is 2. The van der Waals surface area contributed by atoms with Crippen molar-refractivity contribution in [2.75, 3.05) is 68.9 Å². The molecule has 8 rings (SSSR count).